The first-order valence-corrected chi connectivity index (χ1v) is 14.9. The molecule has 0 aliphatic carbocycles. The lowest BCUT2D eigenvalue weighted by Crippen LogP contribution is -2.47. The summed E-state index contributed by atoms with van der Waals surface area (Å²) in [5, 5.41) is 11.9. The minimum absolute atomic E-state index is 0.213. The van der Waals surface area contributed by atoms with E-state index in [1.807, 2.05) is 54.6 Å². The number of H-pyrrole nitrogens is 2. The van der Waals surface area contributed by atoms with Crippen molar-refractivity contribution in [3.63, 3.8) is 0 Å². The van der Waals surface area contributed by atoms with Gasteiger partial charge in [-0.3, -0.25) is 28.7 Å². The summed E-state index contributed by atoms with van der Waals surface area (Å²) < 4.78 is 20.4. The zero-order valence-electron chi connectivity index (χ0n) is 26.4. The molecule has 2 heterocycles. The van der Waals surface area contributed by atoms with Crippen LogP contribution in [0.3, 0.4) is 0 Å². The zero-order chi connectivity index (χ0) is 33.7. The standard InChI is InChI=1S/C35H36N4O8/c1-22-18-38(33(43)36-31(22)41)20-29(40)30(21-39-19-23(2)32(42)37-34(39)44)47-35(24-8-6-5-7-9-24,25-10-14-27(45-3)15-11-25)26-12-16-28(46-4)17-13-26/h5-19,29-30,40H,20-21H2,1-4H3,(H,36,41,43)(H,37,42,44)/t29-,30-/m1/s1. The van der Waals surface area contributed by atoms with Crippen molar-refractivity contribution in [3.8, 4) is 11.5 Å². The first-order chi connectivity index (χ1) is 22.5. The van der Waals surface area contributed by atoms with Crippen molar-refractivity contribution in [1.29, 1.82) is 0 Å². The van der Waals surface area contributed by atoms with Crippen molar-refractivity contribution in [3.05, 3.63) is 161 Å². The van der Waals surface area contributed by atoms with Crippen molar-refractivity contribution in [2.24, 2.45) is 0 Å². The molecule has 0 aliphatic rings. The summed E-state index contributed by atoms with van der Waals surface area (Å²) in [7, 11) is 3.13. The minimum Gasteiger partial charge on any atom is -0.497 e. The van der Waals surface area contributed by atoms with Crippen LogP contribution in [0.5, 0.6) is 11.5 Å². The third kappa shape index (κ3) is 6.88. The Balaban J connectivity index is 1.74. The largest absolute Gasteiger partial charge is 0.497 e. The van der Waals surface area contributed by atoms with Gasteiger partial charge in [-0.05, 0) is 54.8 Å². The molecular weight excluding hydrogens is 604 g/mol. The van der Waals surface area contributed by atoms with Gasteiger partial charge in [-0.2, -0.15) is 0 Å². The number of hydrogen-bond acceptors (Lipinski definition) is 8. The van der Waals surface area contributed by atoms with Crippen LogP contribution < -0.4 is 32.0 Å². The molecule has 0 bridgehead atoms. The lowest BCUT2D eigenvalue weighted by Gasteiger charge is -2.40. The number of aliphatic hydroxyl groups excluding tert-OH is 1. The number of hydrogen-bond donors (Lipinski definition) is 3. The summed E-state index contributed by atoms with van der Waals surface area (Å²) in [5.74, 6) is 1.23. The predicted octanol–water partition coefficient (Wildman–Crippen LogP) is 2.46. The van der Waals surface area contributed by atoms with E-state index in [1.165, 1.54) is 21.5 Å². The smallest absolute Gasteiger partial charge is 0.328 e. The number of aryl methyl sites for hydroxylation is 2. The van der Waals surface area contributed by atoms with Gasteiger partial charge >= 0.3 is 11.4 Å². The lowest BCUT2D eigenvalue weighted by molar-refractivity contribution is -0.113. The van der Waals surface area contributed by atoms with Crippen LogP contribution in [0.1, 0.15) is 27.8 Å². The summed E-state index contributed by atoms with van der Waals surface area (Å²) in [5.41, 5.74) is -1.26. The number of aliphatic hydroxyl groups is 1. The molecule has 0 radical (unpaired) electrons. The fourth-order valence-corrected chi connectivity index (χ4v) is 5.51. The maximum absolute atomic E-state index is 13.0. The van der Waals surface area contributed by atoms with E-state index in [0.29, 0.717) is 28.2 Å². The number of nitrogens with one attached hydrogen (secondary N) is 2. The minimum atomic E-state index is -1.41. The Hall–Kier alpha value is -5.46. The van der Waals surface area contributed by atoms with Gasteiger partial charge in [0.1, 0.15) is 23.2 Å². The number of methoxy groups -OCH3 is 2. The Morgan fingerprint density at radius 3 is 1.53 bits per heavy atom. The first kappa shape index (κ1) is 32.9. The maximum Gasteiger partial charge on any atom is 0.328 e. The predicted molar refractivity (Wildman–Crippen MR) is 175 cm³/mol. The summed E-state index contributed by atoms with van der Waals surface area (Å²) in [4.78, 5) is 54.6. The highest BCUT2D eigenvalue weighted by Gasteiger charge is 2.42. The molecule has 3 N–H and O–H groups in total. The molecule has 0 saturated carbocycles. The molecule has 0 fully saturated rings. The Morgan fingerprint density at radius 2 is 1.09 bits per heavy atom. The van der Waals surface area contributed by atoms with E-state index in [4.69, 9.17) is 14.2 Å². The fraction of sp³-hybridized carbons (Fsp3) is 0.257. The molecule has 2 atom stereocenters. The van der Waals surface area contributed by atoms with Crippen LogP contribution in [0.2, 0.25) is 0 Å². The lowest BCUT2D eigenvalue weighted by atomic mass is 9.79. The molecule has 12 heteroatoms. The van der Waals surface area contributed by atoms with E-state index in [2.05, 4.69) is 9.97 Å². The molecule has 0 saturated heterocycles. The molecule has 5 rings (SSSR count). The van der Waals surface area contributed by atoms with Crippen LogP contribution >= 0.6 is 0 Å². The average Bonchev–Trinajstić information content (AvgIpc) is 3.08. The number of aromatic nitrogens is 4. The SMILES string of the molecule is COc1ccc(C(O[C@H](Cn2cc(C)c(=O)[nH]c2=O)[C@H](O)Cn2cc(C)c(=O)[nH]c2=O)(c2ccccc2)c2ccc(OC)cc2)cc1. The molecule has 12 nitrogen and oxygen atoms in total. The third-order valence-corrected chi connectivity index (χ3v) is 8.07. The van der Waals surface area contributed by atoms with Gasteiger partial charge in [0.2, 0.25) is 0 Å². The molecule has 0 spiro atoms. The van der Waals surface area contributed by atoms with Gasteiger partial charge in [-0.1, -0.05) is 54.6 Å². The van der Waals surface area contributed by atoms with E-state index >= 15 is 0 Å². The summed E-state index contributed by atoms with van der Waals surface area (Å²) in [6, 6.07) is 24.0. The van der Waals surface area contributed by atoms with Crippen molar-refractivity contribution in [2.45, 2.75) is 44.7 Å². The molecular formula is C35H36N4O8. The Kier molecular flexibility index (Phi) is 9.73. The van der Waals surface area contributed by atoms with Crippen LogP contribution in [0.15, 0.2) is 110 Å². The van der Waals surface area contributed by atoms with Gasteiger partial charge in [-0.25, -0.2) is 9.59 Å². The second kappa shape index (κ2) is 13.9. The van der Waals surface area contributed by atoms with Crippen molar-refractivity contribution < 1.29 is 19.3 Å². The summed E-state index contributed by atoms with van der Waals surface area (Å²) in [6.07, 6.45) is 0.166. The van der Waals surface area contributed by atoms with Crippen LogP contribution in [-0.2, 0) is 23.4 Å². The van der Waals surface area contributed by atoms with Crippen LogP contribution in [0.25, 0.3) is 0 Å². The zero-order valence-corrected chi connectivity index (χ0v) is 26.4. The Bertz CT molecular complexity index is 2020. The molecule has 2 aromatic heterocycles. The van der Waals surface area contributed by atoms with Crippen molar-refractivity contribution in [1.82, 2.24) is 19.1 Å². The highest BCUT2D eigenvalue weighted by molar-refractivity contribution is 5.50. The molecule has 244 valence electrons. The summed E-state index contributed by atoms with van der Waals surface area (Å²) in [6.45, 7) is 2.61. The van der Waals surface area contributed by atoms with E-state index in [1.54, 1.807) is 52.3 Å². The molecule has 47 heavy (non-hydrogen) atoms. The van der Waals surface area contributed by atoms with Crippen LogP contribution in [0.4, 0.5) is 0 Å². The van der Waals surface area contributed by atoms with Gasteiger partial charge in [-0.15, -0.1) is 0 Å². The molecule has 0 aliphatic heterocycles. The number of ether oxygens (including phenoxy) is 3. The molecule has 0 amide bonds. The number of aromatic amines is 2. The topological polar surface area (TPSA) is 158 Å². The maximum atomic E-state index is 13.0. The highest BCUT2D eigenvalue weighted by atomic mass is 16.5. The van der Waals surface area contributed by atoms with Gasteiger partial charge in [0.25, 0.3) is 11.1 Å². The second-order valence-corrected chi connectivity index (χ2v) is 11.2. The van der Waals surface area contributed by atoms with E-state index in [9.17, 15) is 24.3 Å². The molecule has 0 unspecified atom stereocenters. The number of rotatable bonds is 12. The van der Waals surface area contributed by atoms with Crippen molar-refractivity contribution in [2.75, 3.05) is 14.2 Å². The molecule has 3 aromatic carbocycles. The quantitative estimate of drug-likeness (QED) is 0.176. The normalized spacial score (nSPS) is 12.8. The van der Waals surface area contributed by atoms with Gasteiger partial charge in [0.05, 0.1) is 33.4 Å². The van der Waals surface area contributed by atoms with Crippen LogP contribution in [0, 0.1) is 13.8 Å². The monoisotopic (exact) mass is 640 g/mol. The van der Waals surface area contributed by atoms with Crippen LogP contribution in [-0.4, -0.2) is 50.6 Å². The first-order valence-electron chi connectivity index (χ1n) is 14.9. The summed E-state index contributed by atoms with van der Waals surface area (Å²) >= 11 is 0. The van der Waals surface area contributed by atoms with E-state index in [-0.39, 0.29) is 24.2 Å². The molecule has 5 aromatic rings. The Morgan fingerprint density at radius 1 is 0.660 bits per heavy atom. The number of benzene rings is 3. The second-order valence-electron chi connectivity index (χ2n) is 11.2. The van der Waals surface area contributed by atoms with Gasteiger partial charge < -0.3 is 19.3 Å². The fourth-order valence-electron chi connectivity index (χ4n) is 5.51. The van der Waals surface area contributed by atoms with Crippen molar-refractivity contribution >= 4 is 0 Å². The average molecular weight is 641 g/mol. The van der Waals surface area contributed by atoms with E-state index in [0.717, 1.165) is 0 Å². The Labute approximate surface area is 269 Å². The van der Waals surface area contributed by atoms with Gasteiger partial charge in [0.15, 0.2) is 0 Å². The number of nitrogens with zero attached hydrogens (tertiary/aromatic N) is 2. The van der Waals surface area contributed by atoms with E-state index < -0.39 is 40.3 Å². The third-order valence-electron chi connectivity index (χ3n) is 8.07. The highest BCUT2D eigenvalue weighted by Crippen LogP contribution is 2.43. The van der Waals surface area contributed by atoms with Gasteiger partial charge in [0, 0.05) is 23.5 Å².